The first kappa shape index (κ1) is 27.3. The zero-order chi connectivity index (χ0) is 32.3. The fraction of sp³-hybridized carbons (Fsp3) is 0. The van der Waals surface area contributed by atoms with Crippen LogP contribution in [0.1, 0.15) is 0 Å². The molecule has 10 rings (SSSR count). The number of benzene rings is 5. The van der Waals surface area contributed by atoms with Gasteiger partial charge in [0.2, 0.25) is 0 Å². The zero-order valence-electron chi connectivity index (χ0n) is 26.3. The molecule has 5 heterocycles. The van der Waals surface area contributed by atoms with E-state index in [2.05, 4.69) is 158 Å². The molecule has 10 aromatic rings. The van der Waals surface area contributed by atoms with Gasteiger partial charge in [0.1, 0.15) is 17.2 Å². The van der Waals surface area contributed by atoms with Gasteiger partial charge in [-0.05, 0) is 60.7 Å². The maximum atomic E-state index is 5.48. The Morgan fingerprint density at radius 2 is 1.06 bits per heavy atom. The smallest absolute Gasteiger partial charge is 0.165 e. The van der Waals surface area contributed by atoms with Crippen LogP contribution in [-0.4, -0.2) is 28.7 Å². The Bertz CT molecular complexity index is 2800. The van der Waals surface area contributed by atoms with Gasteiger partial charge in [0.05, 0.1) is 22.2 Å². The van der Waals surface area contributed by atoms with E-state index in [1.165, 1.54) is 5.39 Å². The molecule has 0 atom stereocenters. The van der Waals surface area contributed by atoms with Crippen LogP contribution in [0.2, 0.25) is 0 Å². The predicted octanol–water partition coefficient (Wildman–Crippen LogP) is 10.2. The second-order valence-electron chi connectivity index (χ2n) is 12.1. The van der Waals surface area contributed by atoms with Gasteiger partial charge < -0.3 is 0 Å². The van der Waals surface area contributed by atoms with Gasteiger partial charge >= 0.3 is 0 Å². The molecule has 0 unspecified atom stereocenters. The topological polar surface area (TPSA) is 53.5 Å². The SMILES string of the molecule is c1ccc(-c2nc3c(c4ccc5c6ccccc6n(-c6cccc(-c7cccnc7)n6)c5c4n3-c3ccccc3)n2-c2ccccc2)cc1. The number of nitrogens with zero attached hydrogens (tertiary/aromatic N) is 6. The van der Waals surface area contributed by atoms with E-state index >= 15 is 0 Å². The monoisotopic (exact) mass is 628 g/mol. The molecule has 0 bridgehead atoms. The van der Waals surface area contributed by atoms with Crippen molar-refractivity contribution in [1.29, 1.82) is 0 Å². The highest BCUT2D eigenvalue weighted by Gasteiger charge is 2.27. The van der Waals surface area contributed by atoms with E-state index in [0.29, 0.717) is 0 Å². The summed E-state index contributed by atoms with van der Waals surface area (Å²) in [6.07, 6.45) is 3.65. The fourth-order valence-electron chi connectivity index (χ4n) is 7.27. The molecular weight excluding hydrogens is 601 g/mol. The van der Waals surface area contributed by atoms with Gasteiger partial charge in [-0.25, -0.2) is 9.97 Å². The molecule has 49 heavy (non-hydrogen) atoms. The van der Waals surface area contributed by atoms with Gasteiger partial charge in [-0.1, -0.05) is 97.1 Å². The molecule has 230 valence electrons. The van der Waals surface area contributed by atoms with Gasteiger partial charge in [-0.2, -0.15) is 0 Å². The average molecular weight is 629 g/mol. The molecule has 0 aliphatic rings. The Morgan fingerprint density at radius 3 is 1.82 bits per heavy atom. The van der Waals surface area contributed by atoms with Crippen LogP contribution in [0.15, 0.2) is 170 Å². The van der Waals surface area contributed by atoms with Crippen LogP contribution < -0.4 is 0 Å². The minimum Gasteiger partial charge on any atom is -0.292 e. The van der Waals surface area contributed by atoms with Crippen LogP contribution in [0.4, 0.5) is 0 Å². The molecule has 5 aromatic carbocycles. The lowest BCUT2D eigenvalue weighted by Crippen LogP contribution is -2.02. The number of fused-ring (bicyclic) bond motifs is 7. The summed E-state index contributed by atoms with van der Waals surface area (Å²) in [6.45, 7) is 0. The van der Waals surface area contributed by atoms with Crippen molar-refractivity contribution in [1.82, 2.24) is 28.7 Å². The fourth-order valence-corrected chi connectivity index (χ4v) is 7.27. The zero-order valence-corrected chi connectivity index (χ0v) is 26.3. The Kier molecular flexibility index (Phi) is 6.08. The van der Waals surface area contributed by atoms with Crippen molar-refractivity contribution < 1.29 is 0 Å². The first-order chi connectivity index (χ1) is 24.3. The van der Waals surface area contributed by atoms with E-state index in [0.717, 1.165) is 78.3 Å². The standard InChI is InChI=1S/C43H28N6/c1-4-14-29(15-5-1)42-46-43-41(48(42)32-19-8-3-9-20-32)35-26-25-34-33-21-10-11-23-37(33)49(39(34)40(35)47(43)31-17-6-2-7-18-31)38-24-12-22-36(45-38)30-16-13-27-44-28-30/h1-28H. The van der Waals surface area contributed by atoms with E-state index < -0.39 is 0 Å². The molecule has 0 amide bonds. The van der Waals surface area contributed by atoms with Crippen LogP contribution >= 0.6 is 0 Å². The maximum Gasteiger partial charge on any atom is 0.165 e. The Labute approximate surface area is 281 Å². The van der Waals surface area contributed by atoms with Crippen LogP contribution in [0, 0.1) is 0 Å². The molecule has 0 aliphatic heterocycles. The van der Waals surface area contributed by atoms with E-state index in [4.69, 9.17) is 9.97 Å². The van der Waals surface area contributed by atoms with Crippen molar-refractivity contribution in [2.75, 3.05) is 0 Å². The lowest BCUT2D eigenvalue weighted by Gasteiger charge is -2.13. The third-order valence-electron chi connectivity index (χ3n) is 9.34. The van der Waals surface area contributed by atoms with E-state index in [-0.39, 0.29) is 0 Å². The number of hydrogen-bond acceptors (Lipinski definition) is 3. The van der Waals surface area contributed by atoms with Crippen LogP contribution in [-0.2, 0) is 0 Å². The average Bonchev–Trinajstić information content (AvgIpc) is 3.83. The first-order valence-corrected chi connectivity index (χ1v) is 16.4. The van der Waals surface area contributed by atoms with E-state index in [9.17, 15) is 0 Å². The quantitative estimate of drug-likeness (QED) is 0.191. The normalized spacial score (nSPS) is 11.7. The summed E-state index contributed by atoms with van der Waals surface area (Å²) in [6, 6.07) is 54.9. The predicted molar refractivity (Wildman–Crippen MR) is 199 cm³/mol. The summed E-state index contributed by atoms with van der Waals surface area (Å²) in [4.78, 5) is 15.1. The van der Waals surface area contributed by atoms with Crippen molar-refractivity contribution in [2.45, 2.75) is 0 Å². The van der Waals surface area contributed by atoms with Crippen LogP contribution in [0.3, 0.4) is 0 Å². The van der Waals surface area contributed by atoms with E-state index in [1.54, 1.807) is 6.20 Å². The summed E-state index contributed by atoms with van der Waals surface area (Å²) in [5, 5.41) is 3.43. The second kappa shape index (κ2) is 10.9. The van der Waals surface area contributed by atoms with Crippen molar-refractivity contribution in [2.24, 2.45) is 0 Å². The third kappa shape index (κ3) is 4.17. The van der Waals surface area contributed by atoms with Crippen molar-refractivity contribution in [3.05, 3.63) is 170 Å². The van der Waals surface area contributed by atoms with Crippen LogP contribution in [0.25, 0.3) is 83.7 Å². The molecular formula is C43H28N6. The number of imidazole rings is 1. The maximum absolute atomic E-state index is 5.48. The number of rotatable bonds is 5. The first-order valence-electron chi connectivity index (χ1n) is 16.4. The summed E-state index contributed by atoms with van der Waals surface area (Å²) in [5.74, 6) is 1.74. The Hall–Kier alpha value is -6.79. The number of aromatic nitrogens is 6. The molecule has 5 aromatic heterocycles. The molecule has 0 saturated heterocycles. The van der Waals surface area contributed by atoms with Gasteiger partial charge in [-0.15, -0.1) is 0 Å². The Morgan fingerprint density at radius 1 is 0.408 bits per heavy atom. The van der Waals surface area contributed by atoms with Crippen molar-refractivity contribution in [3.63, 3.8) is 0 Å². The van der Waals surface area contributed by atoms with Crippen molar-refractivity contribution in [3.8, 4) is 39.8 Å². The highest BCUT2D eigenvalue weighted by atomic mass is 15.2. The summed E-state index contributed by atoms with van der Waals surface area (Å²) in [7, 11) is 0. The number of pyridine rings is 2. The largest absolute Gasteiger partial charge is 0.292 e. The molecule has 6 nitrogen and oxygen atoms in total. The summed E-state index contributed by atoms with van der Waals surface area (Å²) in [5.41, 5.74) is 10.2. The molecule has 0 spiro atoms. The molecule has 0 saturated carbocycles. The van der Waals surface area contributed by atoms with Gasteiger partial charge in [0.25, 0.3) is 0 Å². The van der Waals surface area contributed by atoms with Gasteiger partial charge in [0.15, 0.2) is 5.65 Å². The Balaban J connectivity index is 1.40. The van der Waals surface area contributed by atoms with Gasteiger partial charge in [-0.3, -0.25) is 18.7 Å². The lowest BCUT2D eigenvalue weighted by molar-refractivity contribution is 1.07. The molecule has 0 radical (unpaired) electrons. The highest BCUT2D eigenvalue weighted by molar-refractivity contribution is 6.23. The molecule has 0 aliphatic carbocycles. The van der Waals surface area contributed by atoms with E-state index in [1.807, 2.05) is 24.4 Å². The summed E-state index contributed by atoms with van der Waals surface area (Å²) < 4.78 is 6.96. The molecule has 0 fully saturated rings. The minimum atomic E-state index is 0.842. The highest BCUT2D eigenvalue weighted by Crippen LogP contribution is 2.43. The number of hydrogen-bond donors (Lipinski definition) is 0. The molecule has 0 N–H and O–H groups in total. The second-order valence-corrected chi connectivity index (χ2v) is 12.1. The lowest BCUT2D eigenvalue weighted by atomic mass is 10.1. The van der Waals surface area contributed by atoms with Gasteiger partial charge in [0, 0.05) is 51.1 Å². The number of para-hydroxylation sites is 3. The minimum absolute atomic E-state index is 0.842. The molecule has 6 heteroatoms. The third-order valence-corrected chi connectivity index (χ3v) is 9.34. The van der Waals surface area contributed by atoms with Crippen LogP contribution in [0.5, 0.6) is 0 Å². The summed E-state index contributed by atoms with van der Waals surface area (Å²) >= 11 is 0. The van der Waals surface area contributed by atoms with Crippen molar-refractivity contribution >= 4 is 43.9 Å².